The van der Waals surface area contributed by atoms with Crippen LogP contribution in [0.25, 0.3) is 0 Å². The Labute approximate surface area is 149 Å². The molecule has 0 spiro atoms. The maximum Gasteiger partial charge on any atom is 0.159 e. The number of ketones is 1. The summed E-state index contributed by atoms with van der Waals surface area (Å²) in [6.07, 6.45) is 4.49. The molecule has 2 atom stereocenters. The molecule has 3 nitrogen and oxygen atoms in total. The molecule has 3 heteroatoms. The molecule has 2 aliphatic heterocycles. The molecule has 4 rings (SSSR count). The Morgan fingerprint density at radius 2 is 1.60 bits per heavy atom. The van der Waals surface area contributed by atoms with E-state index in [4.69, 9.17) is 4.99 Å². The molecule has 0 saturated carbocycles. The van der Waals surface area contributed by atoms with Gasteiger partial charge in [-0.1, -0.05) is 54.6 Å². The number of rotatable bonds is 3. The van der Waals surface area contributed by atoms with Gasteiger partial charge in [-0.05, 0) is 37.3 Å². The highest BCUT2D eigenvalue weighted by Gasteiger charge is 2.37. The minimum absolute atomic E-state index is 0.122. The largest absolute Gasteiger partial charge is 0.346 e. The minimum atomic E-state index is 0.122. The molecule has 2 aliphatic rings. The van der Waals surface area contributed by atoms with E-state index in [9.17, 15) is 4.79 Å². The zero-order valence-corrected chi connectivity index (χ0v) is 14.7. The predicted octanol–water partition coefficient (Wildman–Crippen LogP) is 4.96. The van der Waals surface area contributed by atoms with E-state index in [0.717, 1.165) is 37.8 Å². The van der Waals surface area contributed by atoms with Gasteiger partial charge in [-0.2, -0.15) is 0 Å². The summed E-state index contributed by atoms with van der Waals surface area (Å²) >= 11 is 0. The molecule has 2 unspecified atom stereocenters. The number of aliphatic imine (C=N–C) groups is 1. The Kier molecular flexibility index (Phi) is 4.39. The second-order valence-electron chi connectivity index (χ2n) is 7.01. The first-order chi connectivity index (χ1) is 12.2. The quantitative estimate of drug-likeness (QED) is 0.744. The molecule has 0 bridgehead atoms. The van der Waals surface area contributed by atoms with Crippen LogP contribution in [0.1, 0.15) is 66.2 Å². The summed E-state index contributed by atoms with van der Waals surface area (Å²) in [5.41, 5.74) is 3.45. The van der Waals surface area contributed by atoms with Crippen LogP contribution >= 0.6 is 0 Å². The summed E-state index contributed by atoms with van der Waals surface area (Å²) < 4.78 is 0. The molecule has 2 aromatic rings. The summed E-state index contributed by atoms with van der Waals surface area (Å²) in [5, 5.41) is 0. The number of benzene rings is 2. The highest BCUT2D eigenvalue weighted by Crippen LogP contribution is 2.45. The average Bonchev–Trinajstić information content (AvgIpc) is 3.32. The van der Waals surface area contributed by atoms with E-state index >= 15 is 0 Å². The molecule has 0 N–H and O–H groups in total. The highest BCUT2D eigenvalue weighted by molar-refractivity contribution is 5.94. The third kappa shape index (κ3) is 3.11. The lowest BCUT2D eigenvalue weighted by Gasteiger charge is -2.33. The second-order valence-corrected chi connectivity index (χ2v) is 7.01. The maximum absolute atomic E-state index is 11.6. The van der Waals surface area contributed by atoms with Crippen LogP contribution < -0.4 is 0 Å². The highest BCUT2D eigenvalue weighted by atomic mass is 16.1. The van der Waals surface area contributed by atoms with Crippen molar-refractivity contribution in [3.8, 4) is 0 Å². The second kappa shape index (κ2) is 6.83. The molecule has 128 valence electrons. The molecule has 1 saturated heterocycles. The van der Waals surface area contributed by atoms with Crippen molar-refractivity contribution in [2.45, 2.75) is 44.7 Å². The van der Waals surface area contributed by atoms with Crippen LogP contribution in [0.2, 0.25) is 0 Å². The topological polar surface area (TPSA) is 32.7 Å². The maximum atomic E-state index is 11.6. The van der Waals surface area contributed by atoms with Crippen LogP contribution in [-0.2, 0) is 0 Å². The standard InChI is InChI=1S/C22H24N2O/c1-16(25)17-9-11-19(12-10-17)21-14-13-20(18-6-3-2-4-7-18)24(21)22-8-5-15-23-22/h2-4,6-7,9-12,20-21H,5,8,13-15H2,1H3. The summed E-state index contributed by atoms with van der Waals surface area (Å²) in [4.78, 5) is 18.9. The van der Waals surface area contributed by atoms with Crippen LogP contribution in [0.4, 0.5) is 0 Å². The van der Waals surface area contributed by atoms with Gasteiger partial charge in [0.2, 0.25) is 0 Å². The molecule has 2 heterocycles. The molecule has 2 aromatic carbocycles. The molecule has 0 aromatic heterocycles. The number of hydrogen-bond acceptors (Lipinski definition) is 3. The van der Waals surface area contributed by atoms with Gasteiger partial charge in [-0.15, -0.1) is 0 Å². The summed E-state index contributed by atoms with van der Waals surface area (Å²) in [7, 11) is 0. The van der Waals surface area contributed by atoms with E-state index in [1.54, 1.807) is 6.92 Å². The van der Waals surface area contributed by atoms with E-state index in [-0.39, 0.29) is 5.78 Å². The van der Waals surface area contributed by atoms with Crippen LogP contribution in [0.5, 0.6) is 0 Å². The fourth-order valence-corrected chi connectivity index (χ4v) is 4.18. The van der Waals surface area contributed by atoms with E-state index in [1.807, 2.05) is 12.1 Å². The summed E-state index contributed by atoms with van der Waals surface area (Å²) in [5.74, 6) is 1.38. The fourth-order valence-electron chi connectivity index (χ4n) is 4.18. The number of likely N-dealkylation sites (tertiary alicyclic amines) is 1. The average molecular weight is 332 g/mol. The van der Waals surface area contributed by atoms with Gasteiger partial charge in [0.25, 0.3) is 0 Å². The van der Waals surface area contributed by atoms with E-state index in [0.29, 0.717) is 12.1 Å². The zero-order chi connectivity index (χ0) is 17.2. The number of nitrogens with zero attached hydrogens (tertiary/aromatic N) is 2. The summed E-state index contributed by atoms with van der Waals surface area (Å²) in [6.45, 7) is 2.57. The van der Waals surface area contributed by atoms with Crippen molar-refractivity contribution in [2.24, 2.45) is 4.99 Å². The normalized spacial score (nSPS) is 22.9. The van der Waals surface area contributed by atoms with Gasteiger partial charge in [0.1, 0.15) is 0 Å². The lowest BCUT2D eigenvalue weighted by molar-refractivity contribution is 0.101. The van der Waals surface area contributed by atoms with Crippen molar-refractivity contribution < 1.29 is 4.79 Å². The molecule has 0 aliphatic carbocycles. The van der Waals surface area contributed by atoms with E-state index < -0.39 is 0 Å². The van der Waals surface area contributed by atoms with Crippen molar-refractivity contribution in [3.05, 3.63) is 71.3 Å². The first-order valence-corrected chi connectivity index (χ1v) is 9.21. The molecular weight excluding hydrogens is 308 g/mol. The van der Waals surface area contributed by atoms with Crippen molar-refractivity contribution in [3.63, 3.8) is 0 Å². The zero-order valence-electron chi connectivity index (χ0n) is 14.7. The van der Waals surface area contributed by atoms with Gasteiger partial charge >= 0.3 is 0 Å². The van der Waals surface area contributed by atoms with E-state index in [2.05, 4.69) is 47.4 Å². The fraction of sp³-hybridized carbons (Fsp3) is 0.364. The smallest absolute Gasteiger partial charge is 0.159 e. The third-order valence-corrected chi connectivity index (χ3v) is 5.42. The Hall–Kier alpha value is -2.42. The van der Waals surface area contributed by atoms with Crippen LogP contribution in [0.15, 0.2) is 59.6 Å². The number of Topliss-reactive ketones (excluding diaryl/α,β-unsaturated/α-hetero) is 1. The minimum Gasteiger partial charge on any atom is -0.346 e. The molecule has 0 amide bonds. The van der Waals surface area contributed by atoms with Crippen molar-refractivity contribution >= 4 is 11.6 Å². The number of amidine groups is 1. The van der Waals surface area contributed by atoms with Gasteiger partial charge in [-0.3, -0.25) is 9.79 Å². The monoisotopic (exact) mass is 332 g/mol. The first-order valence-electron chi connectivity index (χ1n) is 9.21. The first kappa shape index (κ1) is 16.1. The molecule has 25 heavy (non-hydrogen) atoms. The van der Waals surface area contributed by atoms with Gasteiger partial charge in [0.05, 0.1) is 17.9 Å². The molecular formula is C22H24N2O. The summed E-state index contributed by atoms with van der Waals surface area (Å²) in [6, 6.07) is 19.7. The van der Waals surface area contributed by atoms with Crippen LogP contribution in [0.3, 0.4) is 0 Å². The Morgan fingerprint density at radius 3 is 2.16 bits per heavy atom. The van der Waals surface area contributed by atoms with Crippen molar-refractivity contribution in [1.82, 2.24) is 4.90 Å². The lowest BCUT2D eigenvalue weighted by Crippen LogP contribution is -2.31. The van der Waals surface area contributed by atoms with Crippen molar-refractivity contribution in [2.75, 3.05) is 6.54 Å². The SMILES string of the molecule is CC(=O)c1ccc(C2CCC(c3ccccc3)N2C2=NCCC2)cc1. The lowest BCUT2D eigenvalue weighted by atomic mass is 10.0. The third-order valence-electron chi connectivity index (χ3n) is 5.42. The van der Waals surface area contributed by atoms with Gasteiger partial charge in [-0.25, -0.2) is 0 Å². The number of hydrogen-bond donors (Lipinski definition) is 0. The van der Waals surface area contributed by atoms with Gasteiger partial charge < -0.3 is 4.90 Å². The Morgan fingerprint density at radius 1 is 0.960 bits per heavy atom. The molecule has 0 radical (unpaired) electrons. The molecule has 1 fully saturated rings. The van der Waals surface area contributed by atoms with Gasteiger partial charge in [0.15, 0.2) is 5.78 Å². The van der Waals surface area contributed by atoms with Crippen molar-refractivity contribution in [1.29, 1.82) is 0 Å². The van der Waals surface area contributed by atoms with Crippen LogP contribution in [-0.4, -0.2) is 23.1 Å². The Bertz CT molecular complexity index is 779. The predicted molar refractivity (Wildman–Crippen MR) is 101 cm³/mol. The van der Waals surface area contributed by atoms with E-state index in [1.165, 1.54) is 17.0 Å². The number of carbonyl (C=O) groups excluding carboxylic acids is 1. The van der Waals surface area contributed by atoms with Gasteiger partial charge in [0, 0.05) is 18.5 Å². The van der Waals surface area contributed by atoms with Crippen LogP contribution in [0, 0.1) is 0 Å². The Balaban J connectivity index is 1.68. The number of carbonyl (C=O) groups is 1.